The van der Waals surface area contributed by atoms with Crippen molar-refractivity contribution in [1.82, 2.24) is 0 Å². The van der Waals surface area contributed by atoms with Crippen molar-refractivity contribution in [3.05, 3.63) is 46.3 Å². The van der Waals surface area contributed by atoms with Crippen LogP contribution < -0.4 is 10.1 Å². The number of carbonyl (C=O) groups excluding carboxylic acids is 1. The Morgan fingerprint density at radius 3 is 2.52 bits per heavy atom. The van der Waals surface area contributed by atoms with E-state index in [1.165, 1.54) is 17.4 Å². The topological polar surface area (TPSA) is 75.6 Å². The first kappa shape index (κ1) is 15.1. The molecule has 0 aliphatic rings. The smallest absolute Gasteiger partial charge is 0.338 e. The number of aromatic carboxylic acids is 1. The van der Waals surface area contributed by atoms with Gasteiger partial charge < -0.3 is 15.2 Å². The Bertz CT molecular complexity index is 661. The van der Waals surface area contributed by atoms with Crippen molar-refractivity contribution in [3.8, 4) is 5.75 Å². The van der Waals surface area contributed by atoms with Crippen molar-refractivity contribution in [2.24, 2.45) is 0 Å². The number of carbonyl (C=O) groups is 2. The van der Waals surface area contributed by atoms with Crippen LogP contribution in [0.15, 0.2) is 30.3 Å². The summed E-state index contributed by atoms with van der Waals surface area (Å²) in [5.41, 5.74) is 1.20. The van der Waals surface area contributed by atoms with Crippen LogP contribution >= 0.6 is 11.3 Å². The molecule has 0 unspecified atom stereocenters. The second-order valence-electron chi connectivity index (χ2n) is 4.55. The highest BCUT2D eigenvalue weighted by Gasteiger charge is 2.16. The molecule has 0 aliphatic heterocycles. The molecule has 21 heavy (non-hydrogen) atoms. The van der Waals surface area contributed by atoms with E-state index in [-0.39, 0.29) is 18.1 Å². The lowest BCUT2D eigenvalue weighted by atomic mass is 10.2. The fourth-order valence-electron chi connectivity index (χ4n) is 1.71. The molecular formula is C15H15NO4S. The Hall–Kier alpha value is -2.34. The standard InChI is InChI=1S/C15H15NO4S/c1-9-3-5-11(6-4-9)20-8-13(17)16-14-12(15(18)19)7-10(2)21-14/h3-7H,8H2,1-2H3,(H,16,17)(H,18,19). The van der Waals surface area contributed by atoms with E-state index >= 15 is 0 Å². The molecule has 0 fully saturated rings. The first-order valence-corrected chi connectivity index (χ1v) is 7.10. The van der Waals surface area contributed by atoms with E-state index in [0.29, 0.717) is 10.8 Å². The molecule has 1 heterocycles. The summed E-state index contributed by atoms with van der Waals surface area (Å²) in [5.74, 6) is -0.856. The number of carboxylic acids is 1. The minimum atomic E-state index is -1.06. The molecule has 2 rings (SSSR count). The summed E-state index contributed by atoms with van der Waals surface area (Å²) < 4.78 is 5.35. The Morgan fingerprint density at radius 1 is 1.24 bits per heavy atom. The van der Waals surface area contributed by atoms with Crippen LogP contribution in [0.4, 0.5) is 5.00 Å². The lowest BCUT2D eigenvalue weighted by molar-refractivity contribution is -0.118. The van der Waals surface area contributed by atoms with E-state index in [2.05, 4.69) is 5.32 Å². The fourth-order valence-corrected chi connectivity index (χ4v) is 2.63. The molecule has 0 saturated carbocycles. The van der Waals surface area contributed by atoms with Gasteiger partial charge in [-0.25, -0.2) is 4.79 Å². The Balaban J connectivity index is 1.96. The van der Waals surface area contributed by atoms with Gasteiger partial charge in [0.2, 0.25) is 0 Å². The predicted molar refractivity (Wildman–Crippen MR) is 81.3 cm³/mol. The largest absolute Gasteiger partial charge is 0.484 e. The molecule has 0 spiro atoms. The molecular weight excluding hydrogens is 290 g/mol. The third-order valence-corrected chi connectivity index (χ3v) is 3.70. The number of hydrogen-bond donors (Lipinski definition) is 2. The van der Waals surface area contributed by atoms with Crippen molar-refractivity contribution >= 4 is 28.2 Å². The molecule has 2 N–H and O–H groups in total. The summed E-state index contributed by atoms with van der Waals surface area (Å²) in [4.78, 5) is 23.7. The molecule has 110 valence electrons. The number of hydrogen-bond acceptors (Lipinski definition) is 4. The summed E-state index contributed by atoms with van der Waals surface area (Å²) in [6.45, 7) is 3.58. The first-order chi connectivity index (χ1) is 9.95. The van der Waals surface area contributed by atoms with Crippen molar-refractivity contribution in [2.75, 3.05) is 11.9 Å². The number of thiophene rings is 1. The van der Waals surface area contributed by atoms with Gasteiger partial charge in [-0.15, -0.1) is 11.3 Å². The molecule has 0 aliphatic carbocycles. The van der Waals surface area contributed by atoms with Crippen LogP contribution in [-0.2, 0) is 4.79 Å². The molecule has 0 atom stereocenters. The van der Waals surface area contributed by atoms with Crippen LogP contribution in [-0.4, -0.2) is 23.6 Å². The van der Waals surface area contributed by atoms with E-state index in [1.807, 2.05) is 19.1 Å². The zero-order chi connectivity index (χ0) is 15.4. The van der Waals surface area contributed by atoms with Gasteiger partial charge in [0.25, 0.3) is 5.91 Å². The molecule has 1 amide bonds. The summed E-state index contributed by atoms with van der Waals surface area (Å²) in [6.07, 6.45) is 0. The molecule has 6 heteroatoms. The van der Waals surface area contributed by atoms with E-state index in [1.54, 1.807) is 19.1 Å². The highest BCUT2D eigenvalue weighted by atomic mass is 32.1. The predicted octanol–water partition coefficient (Wildman–Crippen LogP) is 3.08. The number of rotatable bonds is 5. The van der Waals surface area contributed by atoms with Crippen LogP contribution in [0.25, 0.3) is 0 Å². The number of benzene rings is 1. The third-order valence-electron chi connectivity index (χ3n) is 2.73. The second-order valence-corrected chi connectivity index (χ2v) is 5.81. The lowest BCUT2D eigenvalue weighted by Gasteiger charge is -2.07. The van der Waals surface area contributed by atoms with Gasteiger partial charge >= 0.3 is 5.97 Å². The quantitative estimate of drug-likeness (QED) is 0.890. The van der Waals surface area contributed by atoms with Gasteiger partial charge in [-0.3, -0.25) is 4.79 Å². The van der Waals surface area contributed by atoms with Gasteiger partial charge in [-0.1, -0.05) is 17.7 Å². The van der Waals surface area contributed by atoms with Crippen LogP contribution in [0.3, 0.4) is 0 Å². The SMILES string of the molecule is Cc1ccc(OCC(=O)Nc2sc(C)cc2C(=O)O)cc1. The summed E-state index contributed by atoms with van der Waals surface area (Å²) in [7, 11) is 0. The Kier molecular flexibility index (Phi) is 4.59. The summed E-state index contributed by atoms with van der Waals surface area (Å²) in [6, 6.07) is 8.86. The Morgan fingerprint density at radius 2 is 1.90 bits per heavy atom. The van der Waals surface area contributed by atoms with Gasteiger partial charge in [-0.2, -0.15) is 0 Å². The van der Waals surface area contributed by atoms with E-state index in [9.17, 15) is 9.59 Å². The number of anilines is 1. The normalized spacial score (nSPS) is 10.2. The molecule has 0 saturated heterocycles. The maximum atomic E-state index is 11.8. The van der Waals surface area contributed by atoms with Gasteiger partial charge in [0.1, 0.15) is 10.8 Å². The van der Waals surface area contributed by atoms with Gasteiger partial charge in [0.05, 0.1) is 5.56 Å². The Labute approximate surface area is 126 Å². The maximum absolute atomic E-state index is 11.8. The molecule has 5 nitrogen and oxygen atoms in total. The van der Waals surface area contributed by atoms with Crippen molar-refractivity contribution in [2.45, 2.75) is 13.8 Å². The number of amides is 1. The fraction of sp³-hybridized carbons (Fsp3) is 0.200. The summed E-state index contributed by atoms with van der Waals surface area (Å²) >= 11 is 1.23. The highest BCUT2D eigenvalue weighted by Crippen LogP contribution is 2.27. The van der Waals surface area contributed by atoms with E-state index < -0.39 is 5.97 Å². The molecule has 0 bridgehead atoms. The van der Waals surface area contributed by atoms with E-state index in [0.717, 1.165) is 10.4 Å². The van der Waals surface area contributed by atoms with E-state index in [4.69, 9.17) is 9.84 Å². The first-order valence-electron chi connectivity index (χ1n) is 6.29. The molecule has 2 aromatic rings. The van der Waals surface area contributed by atoms with Crippen LogP contribution in [0.1, 0.15) is 20.8 Å². The number of ether oxygens (including phenoxy) is 1. The number of nitrogens with one attached hydrogen (secondary N) is 1. The summed E-state index contributed by atoms with van der Waals surface area (Å²) in [5, 5.41) is 11.9. The maximum Gasteiger partial charge on any atom is 0.338 e. The van der Waals surface area contributed by atoms with Crippen LogP contribution in [0.5, 0.6) is 5.75 Å². The van der Waals surface area contributed by atoms with Crippen LogP contribution in [0.2, 0.25) is 0 Å². The lowest BCUT2D eigenvalue weighted by Crippen LogP contribution is -2.20. The van der Waals surface area contributed by atoms with Gasteiger partial charge in [-0.05, 0) is 32.0 Å². The van der Waals surface area contributed by atoms with Crippen molar-refractivity contribution in [1.29, 1.82) is 0 Å². The van der Waals surface area contributed by atoms with Gasteiger partial charge in [0.15, 0.2) is 6.61 Å². The molecule has 1 aromatic heterocycles. The average molecular weight is 305 g/mol. The zero-order valence-electron chi connectivity index (χ0n) is 11.7. The third kappa shape index (κ3) is 4.06. The molecule has 0 radical (unpaired) electrons. The molecule has 1 aromatic carbocycles. The highest BCUT2D eigenvalue weighted by molar-refractivity contribution is 7.16. The van der Waals surface area contributed by atoms with Crippen molar-refractivity contribution < 1.29 is 19.4 Å². The van der Waals surface area contributed by atoms with Crippen LogP contribution in [0, 0.1) is 13.8 Å². The minimum Gasteiger partial charge on any atom is -0.484 e. The monoisotopic (exact) mass is 305 g/mol. The second kappa shape index (κ2) is 6.41. The van der Waals surface area contributed by atoms with Gasteiger partial charge in [0, 0.05) is 4.88 Å². The average Bonchev–Trinajstić information content (AvgIpc) is 2.79. The minimum absolute atomic E-state index is 0.0983. The number of carboxylic acid groups (broad SMARTS) is 1. The van der Waals surface area contributed by atoms with Crippen molar-refractivity contribution in [3.63, 3.8) is 0 Å². The number of aryl methyl sites for hydroxylation is 2. The zero-order valence-corrected chi connectivity index (χ0v) is 12.5.